The van der Waals surface area contributed by atoms with Crippen LogP contribution in [0.3, 0.4) is 0 Å². The zero-order valence-corrected chi connectivity index (χ0v) is 28.2. The monoisotopic (exact) mass is 748 g/mol. The van der Waals surface area contributed by atoms with Crippen molar-refractivity contribution in [3.63, 3.8) is 0 Å². The van der Waals surface area contributed by atoms with Gasteiger partial charge < -0.3 is 59.5 Å². The van der Waals surface area contributed by atoms with Crippen molar-refractivity contribution in [1.82, 2.24) is 39.9 Å². The number of aromatic carboxylic acids is 4. The summed E-state index contributed by atoms with van der Waals surface area (Å²) in [5.41, 5.74) is -8.65. The number of carboxylic acids is 4. The molecule has 0 aliphatic rings. The normalized spacial score (nSPS) is 9.04. The van der Waals surface area contributed by atoms with Crippen LogP contribution < -0.4 is 65.4 Å². The smallest absolute Gasteiger partial charge is 0.543 e. The average Bonchev–Trinajstić information content (AvgIpc) is 2.87. The summed E-state index contributed by atoms with van der Waals surface area (Å²) >= 11 is 0. The molecule has 26 heteroatoms. The molecule has 0 bridgehead atoms. The molecule has 4 aromatic heterocycles. The Kier molecular flexibility index (Phi) is 17.5. The van der Waals surface area contributed by atoms with Crippen molar-refractivity contribution >= 4 is 23.9 Å². The molecule has 8 N–H and O–H groups in total. The Morgan fingerprint density at radius 3 is 0.609 bits per heavy atom. The van der Waals surface area contributed by atoms with Crippen LogP contribution in [0.15, 0.2) is 62.6 Å². The molecule has 0 spiro atoms. The summed E-state index contributed by atoms with van der Waals surface area (Å²) in [6.07, 6.45) is 0. The SMILES string of the molecule is O=C([O-])c1cc(=O)[nH]c(=O)[nH]1.O=C([O-])c1cc(=O)[nH]c(=O)[nH]1.O=C([O-])c1cc(=O)[nH]c(=O)[nH]1.O=C([O-])c1cc(=O)[nH]c(=O)[nH]1.[Zn+2].[Zn+2]. The van der Waals surface area contributed by atoms with Gasteiger partial charge >= 0.3 is 61.7 Å². The number of rotatable bonds is 4. The van der Waals surface area contributed by atoms with Gasteiger partial charge in [-0.15, -0.1) is 0 Å². The zero-order chi connectivity index (χ0) is 33.7. The summed E-state index contributed by atoms with van der Waals surface area (Å²) in [7, 11) is 0. The first-order valence-corrected chi connectivity index (χ1v) is 10.6. The maximum absolute atomic E-state index is 10.4. The van der Waals surface area contributed by atoms with Gasteiger partial charge in [-0.3, -0.25) is 39.1 Å². The van der Waals surface area contributed by atoms with Gasteiger partial charge in [-0.05, 0) is 0 Å². The number of carbonyl (C=O) groups is 4. The fourth-order valence-corrected chi connectivity index (χ4v) is 2.31. The Morgan fingerprint density at radius 1 is 0.348 bits per heavy atom. The molecular formula is C20H12N8O16Zn2. The van der Waals surface area contributed by atoms with Gasteiger partial charge in [0.1, 0.15) is 0 Å². The van der Waals surface area contributed by atoms with Gasteiger partial charge in [-0.25, -0.2) is 19.2 Å². The molecule has 0 saturated heterocycles. The summed E-state index contributed by atoms with van der Waals surface area (Å²) in [5.74, 6) is -6.36. The van der Waals surface area contributed by atoms with Crippen LogP contribution in [0.2, 0.25) is 0 Å². The number of nitrogens with one attached hydrogen (secondary N) is 8. The van der Waals surface area contributed by atoms with Crippen molar-refractivity contribution in [1.29, 1.82) is 0 Å². The van der Waals surface area contributed by atoms with E-state index in [0.29, 0.717) is 0 Å². The van der Waals surface area contributed by atoms with E-state index >= 15 is 0 Å². The predicted molar refractivity (Wildman–Crippen MR) is 128 cm³/mol. The first-order valence-electron chi connectivity index (χ1n) is 10.6. The second-order valence-corrected chi connectivity index (χ2v) is 7.16. The third-order valence-corrected chi connectivity index (χ3v) is 3.92. The van der Waals surface area contributed by atoms with E-state index in [9.17, 15) is 78.0 Å². The van der Waals surface area contributed by atoms with E-state index in [1.54, 1.807) is 0 Å². The molecular weight excluding hydrogens is 739 g/mol. The van der Waals surface area contributed by atoms with Crippen LogP contribution in [0.1, 0.15) is 42.0 Å². The number of carboxylic acid groups (broad SMARTS) is 4. The molecule has 4 rings (SSSR count). The van der Waals surface area contributed by atoms with Crippen LogP contribution in [0.4, 0.5) is 0 Å². The Bertz CT molecular complexity index is 1760. The van der Waals surface area contributed by atoms with E-state index in [0.717, 1.165) is 24.3 Å². The second kappa shape index (κ2) is 19.2. The van der Waals surface area contributed by atoms with Crippen molar-refractivity contribution < 1.29 is 78.6 Å². The number of aromatic amines is 8. The molecule has 0 saturated carbocycles. The fourth-order valence-electron chi connectivity index (χ4n) is 2.31. The molecule has 0 aromatic carbocycles. The third-order valence-electron chi connectivity index (χ3n) is 3.92. The topological polar surface area (TPSA) is 423 Å². The molecule has 0 unspecified atom stereocenters. The number of H-pyrrole nitrogens is 8. The van der Waals surface area contributed by atoms with E-state index < -0.39 is 91.6 Å². The van der Waals surface area contributed by atoms with Crippen LogP contribution in [0.5, 0.6) is 0 Å². The standard InChI is InChI=1S/4C5H4N2O4.2Zn/c4*8-3-1-2(4(9)10)6-5(11)7-3;;/h4*1H,(H,9,10)(H2,6,7,8,11);;/q;;;;2*+2/p-4. The van der Waals surface area contributed by atoms with Crippen molar-refractivity contribution in [3.05, 3.63) is 130 Å². The van der Waals surface area contributed by atoms with Crippen molar-refractivity contribution in [3.8, 4) is 0 Å². The van der Waals surface area contributed by atoms with Gasteiger partial charge in [0.25, 0.3) is 22.2 Å². The van der Waals surface area contributed by atoms with E-state index in [4.69, 9.17) is 0 Å². The first kappa shape index (κ1) is 42.0. The molecule has 0 amide bonds. The second-order valence-electron chi connectivity index (χ2n) is 7.16. The van der Waals surface area contributed by atoms with Crippen molar-refractivity contribution in [2.75, 3.05) is 0 Å². The van der Waals surface area contributed by atoms with Crippen LogP contribution in [-0.4, -0.2) is 63.7 Å². The summed E-state index contributed by atoms with van der Waals surface area (Å²) in [5, 5.41) is 40.3. The van der Waals surface area contributed by atoms with Crippen LogP contribution in [-0.2, 0) is 39.0 Å². The van der Waals surface area contributed by atoms with Gasteiger partial charge in [0.15, 0.2) is 0 Å². The van der Waals surface area contributed by atoms with Crippen LogP contribution in [0, 0.1) is 0 Å². The quantitative estimate of drug-likeness (QED) is 0.0897. The summed E-state index contributed by atoms with van der Waals surface area (Å²) in [6.45, 7) is 0. The number of hydrogen-bond donors (Lipinski definition) is 8. The van der Waals surface area contributed by atoms with Crippen LogP contribution in [0.25, 0.3) is 0 Å². The summed E-state index contributed by atoms with van der Waals surface area (Å²) in [6, 6.07) is 2.93. The van der Waals surface area contributed by atoms with Crippen molar-refractivity contribution in [2.24, 2.45) is 0 Å². The molecule has 0 aliphatic carbocycles. The third kappa shape index (κ3) is 15.4. The molecule has 4 heterocycles. The number of carbonyl (C=O) groups excluding carboxylic acids is 4. The molecule has 4 aromatic rings. The Labute approximate surface area is 272 Å². The summed E-state index contributed by atoms with van der Waals surface area (Å²) < 4.78 is 0. The van der Waals surface area contributed by atoms with E-state index in [2.05, 4.69) is 0 Å². The van der Waals surface area contributed by atoms with Gasteiger partial charge in [-0.2, -0.15) is 0 Å². The molecule has 0 aliphatic heterocycles. The molecule has 0 fully saturated rings. The van der Waals surface area contributed by atoms with E-state index in [1.807, 2.05) is 39.9 Å². The number of hydrogen-bond acceptors (Lipinski definition) is 16. The van der Waals surface area contributed by atoms with E-state index in [1.165, 1.54) is 0 Å². The first-order chi connectivity index (χ1) is 20.4. The maximum Gasteiger partial charge on any atom is 2.00 e. The van der Waals surface area contributed by atoms with Crippen molar-refractivity contribution in [2.45, 2.75) is 0 Å². The molecule has 24 nitrogen and oxygen atoms in total. The average molecular weight is 751 g/mol. The molecule has 0 atom stereocenters. The van der Waals surface area contributed by atoms with Gasteiger partial charge in [-0.1, -0.05) is 0 Å². The van der Waals surface area contributed by atoms with Gasteiger partial charge in [0.2, 0.25) is 0 Å². The molecule has 0 radical (unpaired) electrons. The van der Waals surface area contributed by atoms with Gasteiger partial charge in [0.05, 0.1) is 46.7 Å². The maximum atomic E-state index is 10.4. The Hall–Kier alpha value is -6.15. The summed E-state index contributed by atoms with van der Waals surface area (Å²) in [4.78, 5) is 138. The number of aromatic nitrogens is 8. The molecule has 46 heavy (non-hydrogen) atoms. The minimum absolute atomic E-state index is 0. The predicted octanol–water partition coefficient (Wildman–Crippen LogP) is -10.3. The largest absolute Gasteiger partial charge is 2.00 e. The zero-order valence-electron chi connectivity index (χ0n) is 22.3. The van der Waals surface area contributed by atoms with Crippen LogP contribution >= 0.6 is 0 Å². The van der Waals surface area contributed by atoms with Gasteiger partial charge in [0, 0.05) is 24.3 Å². The minimum atomic E-state index is -1.59. The Balaban J connectivity index is 0. The fraction of sp³-hybridized carbons (Fsp3) is 0. The molecule has 232 valence electrons. The van der Waals surface area contributed by atoms with E-state index in [-0.39, 0.29) is 39.0 Å². The Morgan fingerprint density at radius 2 is 0.500 bits per heavy atom. The minimum Gasteiger partial charge on any atom is -0.543 e.